The molecule has 0 amide bonds. The number of benzene rings is 1. The minimum absolute atomic E-state index is 0.0859. The summed E-state index contributed by atoms with van der Waals surface area (Å²) >= 11 is 8.27. The third-order valence-corrected chi connectivity index (χ3v) is 2.38. The highest BCUT2D eigenvalue weighted by Crippen LogP contribution is 2.38. The van der Waals surface area contributed by atoms with Crippen molar-refractivity contribution in [2.24, 2.45) is 0 Å². The van der Waals surface area contributed by atoms with Crippen LogP contribution in [0, 0.1) is 0 Å². The lowest BCUT2D eigenvalue weighted by molar-refractivity contribution is -0.138. The molecule has 0 fully saturated rings. The maximum absolute atomic E-state index is 12.2. The average molecular weight is 274 g/mol. The third kappa shape index (κ3) is 2.28. The molecule has 0 heterocycles. The molecule has 2 N–H and O–H groups in total. The fraction of sp³-hybridized carbons (Fsp3) is 0.143. The van der Waals surface area contributed by atoms with E-state index in [4.69, 9.17) is 17.3 Å². The van der Waals surface area contributed by atoms with Crippen molar-refractivity contribution in [3.05, 3.63) is 27.2 Å². The summed E-state index contributed by atoms with van der Waals surface area (Å²) in [5.41, 5.74) is 4.32. The van der Waals surface area contributed by atoms with Gasteiger partial charge in [-0.1, -0.05) is 27.5 Å². The Labute approximate surface area is 85.8 Å². The third-order valence-electron chi connectivity index (χ3n) is 1.39. The smallest absolute Gasteiger partial charge is 0.398 e. The number of rotatable bonds is 0. The van der Waals surface area contributed by atoms with Gasteiger partial charge in [0.15, 0.2) is 0 Å². The summed E-state index contributed by atoms with van der Waals surface area (Å²) in [5.74, 6) is 0. The van der Waals surface area contributed by atoms with Crippen LogP contribution in [0.25, 0.3) is 0 Å². The van der Waals surface area contributed by atoms with Crippen molar-refractivity contribution in [3.63, 3.8) is 0 Å². The van der Waals surface area contributed by atoms with Gasteiger partial charge in [-0.2, -0.15) is 13.2 Å². The first-order chi connectivity index (χ1) is 5.82. The van der Waals surface area contributed by atoms with Crippen LogP contribution in [0.2, 0.25) is 5.02 Å². The van der Waals surface area contributed by atoms with E-state index in [1.54, 1.807) is 0 Å². The summed E-state index contributed by atoms with van der Waals surface area (Å²) in [5, 5.41) is 0.0971. The first-order valence-corrected chi connectivity index (χ1v) is 4.31. The Bertz CT molecular complexity index is 337. The van der Waals surface area contributed by atoms with Crippen LogP contribution in [-0.2, 0) is 6.18 Å². The molecule has 1 aromatic carbocycles. The van der Waals surface area contributed by atoms with Crippen LogP contribution in [0.5, 0.6) is 0 Å². The minimum Gasteiger partial charge on any atom is -0.398 e. The van der Waals surface area contributed by atoms with Crippen molar-refractivity contribution in [2.45, 2.75) is 6.18 Å². The molecule has 0 unspecified atom stereocenters. The molecule has 72 valence electrons. The normalized spacial score (nSPS) is 11.8. The number of halogens is 5. The topological polar surface area (TPSA) is 26.0 Å². The van der Waals surface area contributed by atoms with Crippen molar-refractivity contribution < 1.29 is 13.2 Å². The molecule has 0 aliphatic rings. The highest BCUT2D eigenvalue weighted by Gasteiger charge is 2.33. The van der Waals surface area contributed by atoms with E-state index in [1.807, 2.05) is 0 Å². The molecule has 0 saturated carbocycles. The second-order valence-corrected chi connectivity index (χ2v) is 3.61. The van der Waals surface area contributed by atoms with E-state index < -0.39 is 11.7 Å². The molecule has 13 heavy (non-hydrogen) atoms. The zero-order valence-electron chi connectivity index (χ0n) is 6.12. The summed E-state index contributed by atoms with van der Waals surface area (Å²) < 4.78 is 36.6. The molecule has 1 aromatic rings. The molecular formula is C7H4BrClF3N. The monoisotopic (exact) mass is 273 g/mol. The van der Waals surface area contributed by atoms with E-state index in [-0.39, 0.29) is 15.2 Å². The maximum Gasteiger partial charge on any atom is 0.417 e. The van der Waals surface area contributed by atoms with Gasteiger partial charge in [0, 0.05) is 4.47 Å². The lowest BCUT2D eigenvalue weighted by Crippen LogP contribution is -2.07. The van der Waals surface area contributed by atoms with E-state index in [0.29, 0.717) is 0 Å². The van der Waals surface area contributed by atoms with E-state index >= 15 is 0 Å². The van der Waals surface area contributed by atoms with Crippen molar-refractivity contribution in [2.75, 3.05) is 5.73 Å². The van der Waals surface area contributed by atoms with Gasteiger partial charge in [0.05, 0.1) is 16.3 Å². The Morgan fingerprint density at radius 3 is 2.31 bits per heavy atom. The fourth-order valence-electron chi connectivity index (χ4n) is 0.783. The van der Waals surface area contributed by atoms with E-state index in [1.165, 1.54) is 0 Å². The van der Waals surface area contributed by atoms with Crippen LogP contribution in [0.3, 0.4) is 0 Å². The number of hydrogen-bond donors (Lipinski definition) is 1. The molecule has 0 bridgehead atoms. The number of nitrogen functional groups attached to an aromatic ring is 1. The number of hydrogen-bond acceptors (Lipinski definition) is 1. The van der Waals surface area contributed by atoms with Gasteiger partial charge < -0.3 is 5.73 Å². The first-order valence-electron chi connectivity index (χ1n) is 3.14. The molecule has 0 atom stereocenters. The van der Waals surface area contributed by atoms with Gasteiger partial charge in [0.1, 0.15) is 0 Å². The molecule has 1 nitrogen and oxygen atoms in total. The van der Waals surface area contributed by atoms with Gasteiger partial charge in [-0.05, 0) is 12.1 Å². The molecule has 0 aliphatic heterocycles. The SMILES string of the molecule is Nc1cc(C(F)(F)F)c(Br)cc1Cl. The van der Waals surface area contributed by atoms with Crippen molar-refractivity contribution >= 4 is 33.2 Å². The summed E-state index contributed by atoms with van der Waals surface area (Å²) in [7, 11) is 0. The quantitative estimate of drug-likeness (QED) is 0.717. The van der Waals surface area contributed by atoms with E-state index in [0.717, 1.165) is 12.1 Å². The zero-order valence-corrected chi connectivity index (χ0v) is 8.46. The molecule has 0 saturated heterocycles. The second kappa shape index (κ2) is 3.38. The molecular weight excluding hydrogens is 270 g/mol. The molecule has 0 aromatic heterocycles. The molecule has 0 radical (unpaired) electrons. The van der Waals surface area contributed by atoms with Gasteiger partial charge in [-0.3, -0.25) is 0 Å². The van der Waals surface area contributed by atoms with Gasteiger partial charge in [0.25, 0.3) is 0 Å². The van der Waals surface area contributed by atoms with E-state index in [9.17, 15) is 13.2 Å². The summed E-state index contributed by atoms with van der Waals surface area (Å²) in [6.45, 7) is 0. The van der Waals surface area contributed by atoms with Crippen LogP contribution in [0.1, 0.15) is 5.56 Å². The molecule has 1 rings (SSSR count). The van der Waals surface area contributed by atoms with Gasteiger partial charge >= 0.3 is 6.18 Å². The highest BCUT2D eigenvalue weighted by molar-refractivity contribution is 9.10. The summed E-state index contributed by atoms with van der Waals surface area (Å²) in [4.78, 5) is 0. The predicted octanol–water partition coefficient (Wildman–Crippen LogP) is 3.70. The number of anilines is 1. The van der Waals surface area contributed by atoms with Crippen molar-refractivity contribution in [3.8, 4) is 0 Å². The van der Waals surface area contributed by atoms with Gasteiger partial charge in [0.2, 0.25) is 0 Å². The largest absolute Gasteiger partial charge is 0.417 e. The van der Waals surface area contributed by atoms with Crippen LogP contribution in [0.15, 0.2) is 16.6 Å². The van der Waals surface area contributed by atoms with Crippen LogP contribution < -0.4 is 5.73 Å². The van der Waals surface area contributed by atoms with Gasteiger partial charge in [-0.15, -0.1) is 0 Å². The Morgan fingerprint density at radius 2 is 1.85 bits per heavy atom. The Morgan fingerprint density at radius 1 is 1.31 bits per heavy atom. The lowest BCUT2D eigenvalue weighted by Gasteiger charge is -2.10. The average Bonchev–Trinajstić information content (AvgIpc) is 1.94. The van der Waals surface area contributed by atoms with Crippen molar-refractivity contribution in [1.29, 1.82) is 0 Å². The Kier molecular flexibility index (Phi) is 2.77. The predicted molar refractivity (Wildman–Crippen MR) is 48.6 cm³/mol. The van der Waals surface area contributed by atoms with Crippen LogP contribution >= 0.6 is 27.5 Å². The molecule has 0 aliphatic carbocycles. The lowest BCUT2D eigenvalue weighted by atomic mass is 10.2. The maximum atomic E-state index is 12.2. The zero-order chi connectivity index (χ0) is 10.2. The van der Waals surface area contributed by atoms with Crippen LogP contribution in [-0.4, -0.2) is 0 Å². The Hall–Kier alpha value is -0.420. The first kappa shape index (κ1) is 10.7. The van der Waals surface area contributed by atoms with Crippen molar-refractivity contribution in [1.82, 2.24) is 0 Å². The second-order valence-electron chi connectivity index (χ2n) is 2.35. The molecule has 6 heteroatoms. The minimum atomic E-state index is -4.42. The fourth-order valence-corrected chi connectivity index (χ4v) is 1.65. The standard InChI is InChI=1S/C7H4BrClF3N/c8-4-2-5(9)6(13)1-3(4)7(10,11)12/h1-2H,13H2. The highest BCUT2D eigenvalue weighted by atomic mass is 79.9. The van der Waals surface area contributed by atoms with Gasteiger partial charge in [-0.25, -0.2) is 0 Å². The Balaban J connectivity index is 3.32. The van der Waals surface area contributed by atoms with Crippen LogP contribution in [0.4, 0.5) is 18.9 Å². The molecule has 0 spiro atoms. The number of nitrogens with two attached hydrogens (primary N) is 1. The summed E-state index contributed by atoms with van der Waals surface area (Å²) in [6.07, 6.45) is -4.42. The number of alkyl halides is 3. The van der Waals surface area contributed by atoms with E-state index in [2.05, 4.69) is 15.9 Å². The summed E-state index contributed by atoms with van der Waals surface area (Å²) in [6, 6.07) is 1.92.